The Morgan fingerprint density at radius 1 is 1.12 bits per heavy atom. The molecule has 4 aromatic rings. The number of amides is 1. The standard InChI is InChI=1S/C25H22ClN5O2S/c1-4-17-13-19-21(18-10-5-6-11-20(18)26)28-23(22-30-29-15(3)31(22)24(19)34-17)33-25(32)27-16-9-7-8-14(2)12-16/h5-13,23H,4H2,1-3H3,(H,27,32). The normalized spacial score (nSPS) is 14.6. The summed E-state index contributed by atoms with van der Waals surface area (Å²) in [4.78, 5) is 18.9. The van der Waals surface area contributed by atoms with Crippen LogP contribution in [0, 0.1) is 13.8 Å². The van der Waals surface area contributed by atoms with Gasteiger partial charge in [-0.05, 0) is 50.1 Å². The van der Waals surface area contributed by atoms with Crippen molar-refractivity contribution in [3.8, 4) is 5.00 Å². The molecule has 9 heteroatoms. The van der Waals surface area contributed by atoms with Crippen LogP contribution in [0.3, 0.4) is 0 Å². The van der Waals surface area contributed by atoms with Gasteiger partial charge in [0.25, 0.3) is 6.23 Å². The summed E-state index contributed by atoms with van der Waals surface area (Å²) in [7, 11) is 0. The predicted molar refractivity (Wildman–Crippen MR) is 134 cm³/mol. The van der Waals surface area contributed by atoms with E-state index in [1.807, 2.05) is 60.9 Å². The molecule has 2 aromatic heterocycles. The first-order valence-corrected chi connectivity index (χ1v) is 12.1. The van der Waals surface area contributed by atoms with Gasteiger partial charge in [0, 0.05) is 26.7 Å². The van der Waals surface area contributed by atoms with Crippen LogP contribution in [-0.4, -0.2) is 26.6 Å². The van der Waals surface area contributed by atoms with E-state index in [4.69, 9.17) is 21.3 Å². The zero-order chi connectivity index (χ0) is 23.8. The molecule has 172 valence electrons. The minimum Gasteiger partial charge on any atom is -0.415 e. The summed E-state index contributed by atoms with van der Waals surface area (Å²) in [5, 5.41) is 12.9. The van der Waals surface area contributed by atoms with E-state index in [2.05, 4.69) is 28.5 Å². The lowest BCUT2D eigenvalue weighted by Crippen LogP contribution is -2.19. The monoisotopic (exact) mass is 491 g/mol. The predicted octanol–water partition coefficient (Wildman–Crippen LogP) is 6.26. The van der Waals surface area contributed by atoms with Gasteiger partial charge in [-0.3, -0.25) is 9.88 Å². The second kappa shape index (κ2) is 9.04. The van der Waals surface area contributed by atoms with E-state index in [0.29, 0.717) is 28.1 Å². The summed E-state index contributed by atoms with van der Waals surface area (Å²) >= 11 is 8.22. The number of aliphatic imine (C=N–C) groups is 1. The van der Waals surface area contributed by atoms with Gasteiger partial charge in [-0.2, -0.15) is 0 Å². The Labute approximate surface area is 206 Å². The van der Waals surface area contributed by atoms with Gasteiger partial charge in [0.05, 0.1) is 5.71 Å². The van der Waals surface area contributed by atoms with E-state index in [-0.39, 0.29) is 0 Å². The number of rotatable bonds is 4. The van der Waals surface area contributed by atoms with Crippen LogP contribution in [0.1, 0.15) is 46.4 Å². The molecule has 1 atom stereocenters. The number of benzene rings is 2. The first-order chi connectivity index (χ1) is 16.4. The SMILES string of the molecule is CCc1cc2c(s1)-n1c(C)nnc1C(OC(=O)Nc1cccc(C)c1)N=C2c1ccccc1Cl. The van der Waals surface area contributed by atoms with Crippen LogP contribution in [0.15, 0.2) is 59.6 Å². The molecule has 0 spiro atoms. The summed E-state index contributed by atoms with van der Waals surface area (Å²) in [6.45, 7) is 5.94. The molecule has 1 aliphatic rings. The number of halogens is 1. The van der Waals surface area contributed by atoms with Gasteiger partial charge >= 0.3 is 6.09 Å². The van der Waals surface area contributed by atoms with E-state index in [9.17, 15) is 4.79 Å². The number of hydrogen-bond donors (Lipinski definition) is 1. The largest absolute Gasteiger partial charge is 0.415 e. The van der Waals surface area contributed by atoms with Crippen molar-refractivity contribution in [2.75, 3.05) is 5.32 Å². The second-order valence-electron chi connectivity index (χ2n) is 7.94. The van der Waals surface area contributed by atoms with Crippen LogP contribution in [0.2, 0.25) is 5.02 Å². The Kier molecular flexibility index (Phi) is 5.93. The van der Waals surface area contributed by atoms with Crippen molar-refractivity contribution < 1.29 is 9.53 Å². The molecule has 0 saturated heterocycles. The maximum atomic E-state index is 12.9. The molecule has 0 bridgehead atoms. The van der Waals surface area contributed by atoms with E-state index in [1.165, 1.54) is 4.88 Å². The number of aryl methyl sites for hydroxylation is 3. The third-order valence-corrected chi connectivity index (χ3v) is 7.09. The molecule has 34 heavy (non-hydrogen) atoms. The highest BCUT2D eigenvalue weighted by Crippen LogP contribution is 2.37. The summed E-state index contributed by atoms with van der Waals surface area (Å²) in [6.07, 6.45) is -0.769. The van der Waals surface area contributed by atoms with Crippen molar-refractivity contribution in [1.29, 1.82) is 0 Å². The molecule has 1 amide bonds. The molecule has 0 saturated carbocycles. The number of aromatic nitrogens is 3. The summed E-state index contributed by atoms with van der Waals surface area (Å²) in [5.74, 6) is 1.12. The molecule has 1 unspecified atom stereocenters. The van der Waals surface area contributed by atoms with E-state index < -0.39 is 12.3 Å². The molecular formula is C25H22ClN5O2S. The molecule has 1 N–H and O–H groups in total. The number of carbonyl (C=O) groups excluding carboxylic acids is 1. The maximum Gasteiger partial charge on any atom is 0.413 e. The molecule has 1 aliphatic heterocycles. The fourth-order valence-corrected chi connectivity index (χ4v) is 5.27. The maximum absolute atomic E-state index is 12.9. The average molecular weight is 492 g/mol. The van der Waals surface area contributed by atoms with Crippen molar-refractivity contribution in [3.63, 3.8) is 0 Å². The summed E-state index contributed by atoms with van der Waals surface area (Å²) < 4.78 is 7.72. The van der Waals surface area contributed by atoms with Gasteiger partial charge in [-0.25, -0.2) is 9.79 Å². The number of fused-ring (bicyclic) bond motifs is 3. The van der Waals surface area contributed by atoms with Crippen molar-refractivity contribution in [3.05, 3.63) is 92.8 Å². The van der Waals surface area contributed by atoms with E-state index in [1.54, 1.807) is 17.4 Å². The topological polar surface area (TPSA) is 81.4 Å². The minimum absolute atomic E-state index is 0.435. The molecular weight excluding hydrogens is 470 g/mol. The number of carbonyl (C=O) groups is 1. The third-order valence-electron chi connectivity index (χ3n) is 5.50. The Morgan fingerprint density at radius 3 is 2.71 bits per heavy atom. The van der Waals surface area contributed by atoms with Crippen LogP contribution in [0.5, 0.6) is 0 Å². The van der Waals surface area contributed by atoms with Crippen LogP contribution < -0.4 is 5.32 Å². The van der Waals surface area contributed by atoms with Gasteiger partial charge in [0.1, 0.15) is 10.8 Å². The zero-order valence-electron chi connectivity index (χ0n) is 18.9. The average Bonchev–Trinajstić information content (AvgIpc) is 3.37. The zero-order valence-corrected chi connectivity index (χ0v) is 20.4. The number of anilines is 1. The number of ether oxygens (including phenoxy) is 1. The Hall–Kier alpha value is -3.49. The smallest absolute Gasteiger partial charge is 0.413 e. The molecule has 0 fully saturated rings. The van der Waals surface area contributed by atoms with Gasteiger partial charge in [-0.1, -0.05) is 48.9 Å². The van der Waals surface area contributed by atoms with Crippen molar-refractivity contribution in [1.82, 2.24) is 14.8 Å². The molecule has 7 nitrogen and oxygen atoms in total. The lowest BCUT2D eigenvalue weighted by Gasteiger charge is -2.14. The molecule has 0 aliphatic carbocycles. The Morgan fingerprint density at radius 2 is 1.94 bits per heavy atom. The minimum atomic E-state index is -1.01. The fraction of sp³-hybridized carbons (Fsp3) is 0.200. The lowest BCUT2D eigenvalue weighted by atomic mass is 10.0. The van der Waals surface area contributed by atoms with Crippen molar-refractivity contribution in [2.45, 2.75) is 33.4 Å². The Balaban J connectivity index is 1.61. The van der Waals surface area contributed by atoms with Crippen LogP contribution in [-0.2, 0) is 11.2 Å². The van der Waals surface area contributed by atoms with Crippen LogP contribution in [0.4, 0.5) is 10.5 Å². The third kappa shape index (κ3) is 4.10. The Bertz CT molecular complexity index is 1420. The van der Waals surface area contributed by atoms with E-state index >= 15 is 0 Å². The molecule has 5 rings (SSSR count). The molecule has 0 radical (unpaired) electrons. The lowest BCUT2D eigenvalue weighted by molar-refractivity contribution is 0.110. The summed E-state index contributed by atoms with van der Waals surface area (Å²) in [5.41, 5.74) is 3.98. The quantitative estimate of drug-likeness (QED) is 0.365. The van der Waals surface area contributed by atoms with Gasteiger partial charge in [0.2, 0.25) is 5.82 Å². The first-order valence-electron chi connectivity index (χ1n) is 10.9. The molecule has 2 aromatic carbocycles. The second-order valence-corrected chi connectivity index (χ2v) is 9.46. The van der Waals surface area contributed by atoms with Gasteiger partial charge < -0.3 is 4.74 Å². The number of nitrogens with one attached hydrogen (secondary N) is 1. The number of hydrogen-bond acceptors (Lipinski definition) is 6. The van der Waals surface area contributed by atoms with Crippen LogP contribution in [0.25, 0.3) is 5.00 Å². The van der Waals surface area contributed by atoms with Gasteiger partial charge in [-0.15, -0.1) is 21.5 Å². The summed E-state index contributed by atoms with van der Waals surface area (Å²) in [6, 6.07) is 17.1. The highest BCUT2D eigenvalue weighted by atomic mass is 35.5. The number of thiophene rings is 1. The first kappa shape index (κ1) is 22.3. The van der Waals surface area contributed by atoms with Gasteiger partial charge in [0.15, 0.2) is 0 Å². The fourth-order valence-electron chi connectivity index (χ4n) is 3.89. The van der Waals surface area contributed by atoms with Crippen LogP contribution >= 0.6 is 22.9 Å². The number of nitrogens with zero attached hydrogens (tertiary/aromatic N) is 4. The van der Waals surface area contributed by atoms with E-state index in [0.717, 1.165) is 28.1 Å². The van der Waals surface area contributed by atoms with Crippen molar-refractivity contribution in [2.24, 2.45) is 4.99 Å². The molecule has 3 heterocycles. The highest BCUT2D eigenvalue weighted by molar-refractivity contribution is 7.15. The van der Waals surface area contributed by atoms with Crippen molar-refractivity contribution >= 4 is 40.4 Å². The highest BCUT2D eigenvalue weighted by Gasteiger charge is 2.32.